The van der Waals surface area contributed by atoms with E-state index in [4.69, 9.17) is 0 Å². The Morgan fingerprint density at radius 2 is 1.80 bits per heavy atom. The van der Waals surface area contributed by atoms with Crippen LogP contribution in [0, 0.1) is 0 Å². The van der Waals surface area contributed by atoms with E-state index in [2.05, 4.69) is 0 Å². The summed E-state index contributed by atoms with van der Waals surface area (Å²) in [6.45, 7) is 1.65. The summed E-state index contributed by atoms with van der Waals surface area (Å²) in [6, 6.07) is 7.42. The Hall–Kier alpha value is -2.15. The van der Waals surface area contributed by atoms with E-state index < -0.39 is 21.2 Å². The van der Waals surface area contributed by atoms with Gasteiger partial charge in [0, 0.05) is 30.7 Å². The minimum Gasteiger partial charge on any atom is -0.346 e. The molecule has 0 radical (unpaired) electrons. The second-order valence-corrected chi connectivity index (χ2v) is 9.59. The van der Waals surface area contributed by atoms with Gasteiger partial charge in [-0.1, -0.05) is 18.2 Å². The highest BCUT2D eigenvalue weighted by molar-refractivity contribution is 7.92. The van der Waals surface area contributed by atoms with Gasteiger partial charge in [0.05, 0.1) is 16.6 Å². The topological polar surface area (TPSA) is 76.5 Å². The van der Waals surface area contributed by atoms with Crippen molar-refractivity contribution in [2.24, 2.45) is 7.05 Å². The van der Waals surface area contributed by atoms with Gasteiger partial charge in [-0.15, -0.1) is 0 Å². The third kappa shape index (κ3) is 2.11. The average Bonchev–Trinajstić information content (AvgIpc) is 3.37. The Morgan fingerprint density at radius 3 is 2.44 bits per heavy atom. The number of aryl methyl sites for hydroxylation is 1. The van der Waals surface area contributed by atoms with Gasteiger partial charge in [-0.3, -0.25) is 14.5 Å². The Balaban J connectivity index is 2.02. The van der Waals surface area contributed by atoms with Crippen LogP contribution in [0.2, 0.25) is 0 Å². The molecule has 1 aliphatic carbocycles. The minimum atomic E-state index is -3.39. The highest BCUT2D eigenvalue weighted by Crippen LogP contribution is 2.42. The fourth-order valence-electron chi connectivity index (χ4n) is 4.06. The first-order chi connectivity index (χ1) is 11.7. The smallest absolute Gasteiger partial charge is 0.262 e. The van der Waals surface area contributed by atoms with Crippen molar-refractivity contribution in [1.29, 1.82) is 0 Å². The lowest BCUT2D eigenvalue weighted by Gasteiger charge is -2.37. The summed E-state index contributed by atoms with van der Waals surface area (Å²) in [6.07, 6.45) is 1.31. The van der Waals surface area contributed by atoms with Crippen molar-refractivity contribution in [1.82, 2.24) is 9.47 Å². The summed E-state index contributed by atoms with van der Waals surface area (Å²) in [5.74, 6) is -1.10. The van der Waals surface area contributed by atoms with Gasteiger partial charge in [-0.25, -0.2) is 8.42 Å². The van der Waals surface area contributed by atoms with E-state index >= 15 is 0 Å². The number of fused-ring (bicyclic) bond motifs is 3. The molecule has 1 aromatic carbocycles. The molecule has 0 N–H and O–H groups in total. The molecule has 2 amide bonds. The molecule has 0 saturated heterocycles. The van der Waals surface area contributed by atoms with E-state index in [1.165, 1.54) is 7.05 Å². The molecule has 2 aliphatic rings. The number of hydrogen-bond donors (Lipinski definition) is 0. The molecule has 6 nitrogen and oxygen atoms in total. The van der Waals surface area contributed by atoms with Gasteiger partial charge in [-0.2, -0.15) is 0 Å². The number of imide groups is 1. The van der Waals surface area contributed by atoms with Crippen LogP contribution >= 0.6 is 0 Å². The zero-order chi connectivity index (χ0) is 18.1. The largest absolute Gasteiger partial charge is 0.346 e. The van der Waals surface area contributed by atoms with E-state index in [0.717, 1.165) is 15.8 Å². The van der Waals surface area contributed by atoms with E-state index in [1.54, 1.807) is 18.5 Å². The molecule has 1 atom stereocenters. The maximum atomic E-state index is 13.0. The van der Waals surface area contributed by atoms with Crippen molar-refractivity contribution in [2.75, 3.05) is 12.8 Å². The van der Waals surface area contributed by atoms with Crippen LogP contribution in [0.5, 0.6) is 0 Å². The number of aromatic nitrogens is 1. The van der Waals surface area contributed by atoms with Gasteiger partial charge >= 0.3 is 0 Å². The number of hydrogen-bond acceptors (Lipinski definition) is 4. The molecule has 1 aliphatic heterocycles. The molecule has 2 aromatic rings. The van der Waals surface area contributed by atoms with Crippen LogP contribution in [0.25, 0.3) is 10.9 Å². The molecule has 0 spiro atoms. The van der Waals surface area contributed by atoms with Crippen LogP contribution in [-0.4, -0.2) is 47.7 Å². The Kier molecular flexibility index (Phi) is 3.23. The zero-order valence-electron chi connectivity index (χ0n) is 14.4. The zero-order valence-corrected chi connectivity index (χ0v) is 15.3. The van der Waals surface area contributed by atoms with Crippen LogP contribution in [0.1, 0.15) is 35.8 Å². The molecule has 1 saturated carbocycles. The number of carbonyl (C=O) groups is 2. The molecule has 2 heterocycles. The lowest BCUT2D eigenvalue weighted by Crippen LogP contribution is -2.55. The van der Waals surface area contributed by atoms with Crippen LogP contribution in [0.4, 0.5) is 0 Å². The third-order valence-corrected chi connectivity index (χ3v) is 7.91. The normalized spacial score (nSPS) is 24.0. The second-order valence-electron chi connectivity index (χ2n) is 7.31. The summed E-state index contributed by atoms with van der Waals surface area (Å²) in [5, 5.41) is 0.401. The SMILES string of the molecule is CN1C(=O)c2c(n(C)c3ccccc23)C(C)(CS(=O)(=O)C2CC2)C1=O. The van der Waals surface area contributed by atoms with Crippen molar-refractivity contribution in [3.8, 4) is 0 Å². The maximum absolute atomic E-state index is 13.0. The standard InChI is InChI=1S/C18H20N2O4S/c1-18(10-25(23,24)11-8-9-11)15-14(16(21)20(3)17(18)22)12-6-4-5-7-13(12)19(15)2/h4-7,11H,8-10H2,1-3H3. The second kappa shape index (κ2) is 4.94. The van der Waals surface area contributed by atoms with Gasteiger partial charge in [0.15, 0.2) is 9.84 Å². The first-order valence-corrected chi connectivity index (χ1v) is 10.0. The van der Waals surface area contributed by atoms with Gasteiger partial charge < -0.3 is 4.57 Å². The van der Waals surface area contributed by atoms with E-state index in [9.17, 15) is 18.0 Å². The molecule has 25 heavy (non-hydrogen) atoms. The summed E-state index contributed by atoms with van der Waals surface area (Å²) >= 11 is 0. The molecule has 7 heteroatoms. The number of sulfone groups is 1. The van der Waals surface area contributed by atoms with Crippen molar-refractivity contribution in [3.05, 3.63) is 35.5 Å². The molecule has 1 unspecified atom stereocenters. The summed E-state index contributed by atoms with van der Waals surface area (Å²) < 4.78 is 27.1. The first-order valence-electron chi connectivity index (χ1n) is 8.30. The average molecular weight is 360 g/mol. The highest BCUT2D eigenvalue weighted by atomic mass is 32.2. The summed E-state index contributed by atoms with van der Waals surface area (Å²) in [5.41, 5.74) is 0.492. The van der Waals surface area contributed by atoms with Crippen LogP contribution < -0.4 is 0 Å². The monoisotopic (exact) mass is 360 g/mol. The Bertz CT molecular complexity index is 1030. The number of benzene rings is 1. The quantitative estimate of drug-likeness (QED) is 0.780. The lowest BCUT2D eigenvalue weighted by atomic mass is 9.81. The molecule has 1 aromatic heterocycles. The lowest BCUT2D eigenvalue weighted by molar-refractivity contribution is -0.133. The van der Waals surface area contributed by atoms with Gasteiger partial charge in [0.2, 0.25) is 5.91 Å². The molecular weight excluding hydrogens is 340 g/mol. The van der Waals surface area contributed by atoms with Crippen LogP contribution in [-0.2, 0) is 27.1 Å². The summed E-state index contributed by atoms with van der Waals surface area (Å²) in [4.78, 5) is 26.9. The summed E-state index contributed by atoms with van der Waals surface area (Å²) in [7, 11) is -0.173. The third-order valence-electron chi connectivity index (χ3n) is 5.45. The maximum Gasteiger partial charge on any atom is 0.262 e. The Labute approximate surface area is 146 Å². The molecule has 132 valence electrons. The first kappa shape index (κ1) is 16.3. The fourth-order valence-corrected chi connectivity index (χ4v) is 6.22. The highest BCUT2D eigenvalue weighted by Gasteiger charge is 2.53. The van der Waals surface area contributed by atoms with Gasteiger partial charge in [0.25, 0.3) is 5.91 Å². The van der Waals surface area contributed by atoms with Crippen molar-refractivity contribution >= 4 is 32.6 Å². The van der Waals surface area contributed by atoms with Crippen LogP contribution in [0.15, 0.2) is 24.3 Å². The number of rotatable bonds is 3. The number of likely N-dealkylation sites (N-methyl/N-ethyl adjacent to an activating group) is 1. The number of para-hydroxylation sites is 1. The van der Waals surface area contributed by atoms with E-state index in [-0.39, 0.29) is 16.9 Å². The van der Waals surface area contributed by atoms with Gasteiger partial charge in [-0.05, 0) is 25.8 Å². The molecule has 1 fully saturated rings. The van der Waals surface area contributed by atoms with Gasteiger partial charge in [0.1, 0.15) is 5.41 Å². The number of amides is 2. The molecule has 0 bridgehead atoms. The molecular formula is C18H20N2O4S. The van der Waals surface area contributed by atoms with Crippen LogP contribution in [0.3, 0.4) is 0 Å². The number of carbonyl (C=O) groups excluding carboxylic acids is 2. The van der Waals surface area contributed by atoms with Crippen molar-refractivity contribution < 1.29 is 18.0 Å². The predicted molar refractivity (Wildman–Crippen MR) is 94.2 cm³/mol. The van der Waals surface area contributed by atoms with Crippen molar-refractivity contribution in [2.45, 2.75) is 30.4 Å². The Morgan fingerprint density at radius 1 is 1.16 bits per heavy atom. The fraction of sp³-hybridized carbons (Fsp3) is 0.444. The molecule has 4 rings (SSSR count). The van der Waals surface area contributed by atoms with E-state index in [1.807, 2.05) is 24.3 Å². The van der Waals surface area contributed by atoms with E-state index in [0.29, 0.717) is 24.1 Å². The minimum absolute atomic E-state index is 0.266. The predicted octanol–water partition coefficient (Wildman–Crippen LogP) is 1.63. The van der Waals surface area contributed by atoms with Crippen molar-refractivity contribution in [3.63, 3.8) is 0 Å². The number of nitrogens with zero attached hydrogens (tertiary/aromatic N) is 2.